The first-order chi connectivity index (χ1) is 9.60. The van der Waals surface area contributed by atoms with E-state index in [9.17, 15) is 9.18 Å². The summed E-state index contributed by atoms with van der Waals surface area (Å²) in [7, 11) is 2.97. The summed E-state index contributed by atoms with van der Waals surface area (Å²) in [5.74, 6) is -0.456. The fourth-order valence-electron chi connectivity index (χ4n) is 1.55. The van der Waals surface area contributed by atoms with Crippen molar-refractivity contribution in [3.05, 3.63) is 36.4 Å². The average molecular weight is 276 g/mol. The summed E-state index contributed by atoms with van der Waals surface area (Å²) in [6, 6.07) is 4.17. The number of anilines is 1. The molecular formula is C13H13FN4O2. The summed E-state index contributed by atoms with van der Waals surface area (Å²) < 4.78 is 17.7. The fraction of sp³-hybridized carbons (Fsp3) is 0.231. The lowest BCUT2D eigenvalue weighted by atomic mass is 10.2. The maximum atomic E-state index is 13.2. The molecule has 0 aromatic carbocycles. The highest BCUT2D eigenvalue weighted by Crippen LogP contribution is 2.16. The van der Waals surface area contributed by atoms with Gasteiger partial charge in [-0.1, -0.05) is 0 Å². The second-order valence-electron chi connectivity index (χ2n) is 4.03. The highest BCUT2D eigenvalue weighted by Gasteiger charge is 2.11. The van der Waals surface area contributed by atoms with E-state index in [4.69, 9.17) is 0 Å². The lowest BCUT2D eigenvalue weighted by Crippen LogP contribution is -2.28. The number of carbonyl (C=O) groups excluding carboxylic acids is 1. The first-order valence-electron chi connectivity index (χ1n) is 5.83. The minimum absolute atomic E-state index is 0.0243. The first-order valence-corrected chi connectivity index (χ1v) is 5.83. The van der Waals surface area contributed by atoms with Crippen LogP contribution in [-0.4, -0.2) is 41.6 Å². The Balaban J connectivity index is 2.26. The molecule has 0 fully saturated rings. The van der Waals surface area contributed by atoms with Gasteiger partial charge in [-0.3, -0.25) is 9.78 Å². The molecule has 2 heterocycles. The Kier molecular flexibility index (Phi) is 4.19. The number of rotatable bonds is 4. The molecule has 2 rings (SSSR count). The van der Waals surface area contributed by atoms with E-state index in [0.29, 0.717) is 17.3 Å². The van der Waals surface area contributed by atoms with Crippen LogP contribution in [0.25, 0.3) is 11.4 Å². The van der Waals surface area contributed by atoms with E-state index in [1.54, 1.807) is 13.1 Å². The number of methoxy groups -OCH3 is 1. The van der Waals surface area contributed by atoms with Crippen molar-refractivity contribution < 1.29 is 13.9 Å². The molecule has 0 aliphatic heterocycles. The van der Waals surface area contributed by atoms with Crippen molar-refractivity contribution in [1.82, 2.24) is 15.0 Å². The summed E-state index contributed by atoms with van der Waals surface area (Å²) in [6.45, 7) is 0.0243. The topological polar surface area (TPSA) is 68.2 Å². The molecule has 0 bridgehead atoms. The number of hydrogen-bond donors (Lipinski definition) is 0. The standard InChI is InChI=1S/C13H13FN4O2/c1-18(8-12(19)20-2)13-16-6-4-10(17-13)11-7-9(14)3-5-15-11/h3-7H,8H2,1-2H3. The van der Waals surface area contributed by atoms with Gasteiger partial charge >= 0.3 is 5.97 Å². The average Bonchev–Trinajstić information content (AvgIpc) is 2.47. The van der Waals surface area contributed by atoms with Crippen molar-refractivity contribution in [1.29, 1.82) is 0 Å². The molecule has 6 nitrogen and oxygen atoms in total. The van der Waals surface area contributed by atoms with Gasteiger partial charge in [-0.15, -0.1) is 0 Å². The number of pyridine rings is 1. The zero-order valence-electron chi connectivity index (χ0n) is 11.1. The van der Waals surface area contributed by atoms with Gasteiger partial charge in [0.05, 0.1) is 18.5 Å². The van der Waals surface area contributed by atoms with Gasteiger partial charge < -0.3 is 9.64 Å². The predicted octanol–water partition coefficient (Wildman–Crippen LogP) is 1.29. The van der Waals surface area contributed by atoms with E-state index in [1.807, 2.05) is 0 Å². The molecule has 2 aromatic rings. The number of hydrogen-bond acceptors (Lipinski definition) is 6. The Morgan fingerprint density at radius 2 is 2.05 bits per heavy atom. The number of esters is 1. The quantitative estimate of drug-likeness (QED) is 0.784. The second kappa shape index (κ2) is 6.05. The zero-order chi connectivity index (χ0) is 14.5. The predicted molar refractivity (Wildman–Crippen MR) is 70.5 cm³/mol. The number of carbonyl (C=O) groups is 1. The third kappa shape index (κ3) is 3.25. The van der Waals surface area contributed by atoms with Gasteiger partial charge in [-0.05, 0) is 12.1 Å². The molecule has 0 aliphatic rings. The Morgan fingerprint density at radius 3 is 2.75 bits per heavy atom. The molecule has 20 heavy (non-hydrogen) atoms. The van der Waals surface area contributed by atoms with Crippen molar-refractivity contribution in [2.24, 2.45) is 0 Å². The lowest BCUT2D eigenvalue weighted by molar-refractivity contribution is -0.138. The highest BCUT2D eigenvalue weighted by molar-refractivity contribution is 5.74. The molecule has 0 saturated carbocycles. The molecule has 0 saturated heterocycles. The van der Waals surface area contributed by atoms with Gasteiger partial charge in [0.2, 0.25) is 5.95 Å². The minimum atomic E-state index is -0.398. The highest BCUT2D eigenvalue weighted by atomic mass is 19.1. The van der Waals surface area contributed by atoms with Gasteiger partial charge in [0, 0.05) is 25.5 Å². The molecule has 104 valence electrons. The lowest BCUT2D eigenvalue weighted by Gasteiger charge is -2.15. The molecule has 0 atom stereocenters. The largest absolute Gasteiger partial charge is 0.468 e. The van der Waals surface area contributed by atoms with E-state index in [0.717, 1.165) is 0 Å². The van der Waals surface area contributed by atoms with Crippen LogP contribution in [0.5, 0.6) is 0 Å². The van der Waals surface area contributed by atoms with Crippen LogP contribution >= 0.6 is 0 Å². The summed E-state index contributed by atoms with van der Waals surface area (Å²) in [5.41, 5.74) is 0.881. The summed E-state index contributed by atoms with van der Waals surface area (Å²) in [4.78, 5) is 25.1. The number of likely N-dealkylation sites (N-methyl/N-ethyl adjacent to an activating group) is 1. The van der Waals surface area contributed by atoms with Crippen LogP contribution < -0.4 is 4.90 Å². The maximum Gasteiger partial charge on any atom is 0.325 e. The number of ether oxygens (including phenoxy) is 1. The van der Waals surface area contributed by atoms with Gasteiger partial charge in [-0.25, -0.2) is 14.4 Å². The first kappa shape index (κ1) is 13.9. The van der Waals surface area contributed by atoms with Crippen LogP contribution in [0, 0.1) is 5.82 Å². The molecule has 2 aromatic heterocycles. The number of halogens is 1. The van der Waals surface area contributed by atoms with Crippen molar-refractivity contribution in [3.63, 3.8) is 0 Å². The van der Waals surface area contributed by atoms with Gasteiger partial charge in [-0.2, -0.15) is 0 Å². The Morgan fingerprint density at radius 1 is 1.30 bits per heavy atom. The number of nitrogens with zero attached hydrogens (tertiary/aromatic N) is 4. The van der Waals surface area contributed by atoms with Crippen molar-refractivity contribution >= 4 is 11.9 Å². The van der Waals surface area contributed by atoms with Crippen LogP contribution in [0.4, 0.5) is 10.3 Å². The van der Waals surface area contributed by atoms with E-state index < -0.39 is 11.8 Å². The molecule has 7 heteroatoms. The normalized spacial score (nSPS) is 10.2. The number of aromatic nitrogens is 3. The molecule has 0 aliphatic carbocycles. The smallest absolute Gasteiger partial charge is 0.325 e. The van der Waals surface area contributed by atoms with Crippen molar-refractivity contribution in [2.45, 2.75) is 0 Å². The second-order valence-corrected chi connectivity index (χ2v) is 4.03. The molecule has 0 amide bonds. The van der Waals surface area contributed by atoms with Gasteiger partial charge in [0.1, 0.15) is 12.4 Å². The molecular weight excluding hydrogens is 263 g/mol. The molecule has 0 unspecified atom stereocenters. The van der Waals surface area contributed by atoms with Gasteiger partial charge in [0.25, 0.3) is 0 Å². The van der Waals surface area contributed by atoms with Gasteiger partial charge in [0.15, 0.2) is 0 Å². The Labute approximate surface area is 115 Å². The molecule has 0 radical (unpaired) electrons. The minimum Gasteiger partial charge on any atom is -0.468 e. The Hall–Kier alpha value is -2.57. The van der Waals surface area contributed by atoms with E-state index >= 15 is 0 Å². The van der Waals surface area contributed by atoms with Crippen LogP contribution in [0.1, 0.15) is 0 Å². The summed E-state index contributed by atoms with van der Waals surface area (Å²) >= 11 is 0. The SMILES string of the molecule is COC(=O)CN(C)c1nccc(-c2cc(F)ccn2)n1. The van der Waals surface area contributed by atoms with Crippen LogP contribution in [0.2, 0.25) is 0 Å². The van der Waals surface area contributed by atoms with Crippen molar-refractivity contribution in [3.8, 4) is 11.4 Å². The summed E-state index contributed by atoms with van der Waals surface area (Å²) in [5, 5.41) is 0. The van der Waals surface area contributed by atoms with Crippen LogP contribution in [0.15, 0.2) is 30.6 Å². The van der Waals surface area contributed by atoms with Crippen LogP contribution in [-0.2, 0) is 9.53 Å². The zero-order valence-corrected chi connectivity index (χ0v) is 11.1. The Bertz CT molecular complexity index is 621. The van der Waals surface area contributed by atoms with E-state index in [1.165, 1.54) is 36.5 Å². The van der Waals surface area contributed by atoms with E-state index in [-0.39, 0.29) is 6.54 Å². The maximum absolute atomic E-state index is 13.2. The third-order valence-electron chi connectivity index (χ3n) is 2.56. The molecule has 0 N–H and O–H groups in total. The van der Waals surface area contributed by atoms with E-state index in [2.05, 4.69) is 19.7 Å². The summed E-state index contributed by atoms with van der Waals surface area (Å²) in [6.07, 6.45) is 2.89. The monoisotopic (exact) mass is 276 g/mol. The fourth-order valence-corrected chi connectivity index (χ4v) is 1.55. The van der Waals surface area contributed by atoms with Crippen molar-refractivity contribution in [2.75, 3.05) is 25.6 Å². The van der Waals surface area contributed by atoms with Crippen LogP contribution in [0.3, 0.4) is 0 Å². The third-order valence-corrected chi connectivity index (χ3v) is 2.56. The molecule has 0 spiro atoms.